The minimum Gasteiger partial charge on any atom is -0.305 e. The number of rotatable bonds is 4. The van der Waals surface area contributed by atoms with Crippen LogP contribution >= 0.6 is 0 Å². The maximum atomic E-state index is 9.19. The van der Waals surface area contributed by atoms with Gasteiger partial charge < -0.3 is 9.30 Å². The molecule has 32 heavy (non-hydrogen) atoms. The van der Waals surface area contributed by atoms with Crippen LogP contribution in [0.2, 0.25) is 0 Å². The normalized spacial score (nSPS) is 15.5. The second-order valence-electron chi connectivity index (χ2n) is 8.41. The smallest absolute Gasteiger partial charge is 0.137 e. The van der Waals surface area contributed by atoms with Crippen molar-refractivity contribution in [3.8, 4) is 28.5 Å². The molecule has 3 aromatic heterocycles. The van der Waals surface area contributed by atoms with Crippen molar-refractivity contribution in [2.24, 2.45) is 0 Å². The van der Waals surface area contributed by atoms with Crippen molar-refractivity contribution in [3.63, 3.8) is 0 Å². The number of pyridine rings is 2. The van der Waals surface area contributed by atoms with E-state index in [1.54, 1.807) is 0 Å². The first kappa shape index (κ1) is 20.4. The molecule has 0 aliphatic carbocycles. The molecule has 1 aliphatic heterocycles. The highest BCUT2D eigenvalue weighted by molar-refractivity contribution is 5.70. The fraction of sp³-hybridized carbons (Fsp3) is 0.269. The molecule has 1 saturated heterocycles. The van der Waals surface area contributed by atoms with Crippen molar-refractivity contribution in [1.29, 1.82) is 5.26 Å². The van der Waals surface area contributed by atoms with Gasteiger partial charge in [-0.1, -0.05) is 12.1 Å². The number of benzene rings is 1. The Morgan fingerprint density at radius 2 is 1.66 bits per heavy atom. The number of aromatic nitrogens is 3. The summed E-state index contributed by atoms with van der Waals surface area (Å²) in [7, 11) is 2.20. The molecule has 1 aliphatic rings. The molecular formula is C26H26N6. The van der Waals surface area contributed by atoms with Gasteiger partial charge in [-0.25, -0.2) is 4.98 Å². The summed E-state index contributed by atoms with van der Waals surface area (Å²) in [5, 5.41) is 9.19. The van der Waals surface area contributed by atoms with Gasteiger partial charge in [0.25, 0.3) is 0 Å². The number of nitrogens with zero attached hydrogens (tertiary/aromatic N) is 6. The van der Waals surface area contributed by atoms with Crippen molar-refractivity contribution >= 4 is 5.65 Å². The first-order chi connectivity index (χ1) is 15.7. The first-order valence-corrected chi connectivity index (χ1v) is 11.0. The van der Waals surface area contributed by atoms with E-state index in [1.165, 1.54) is 12.1 Å². The molecule has 5 rings (SSSR count). The minimum absolute atomic E-state index is 0.662. The zero-order valence-electron chi connectivity index (χ0n) is 18.3. The van der Waals surface area contributed by atoms with Gasteiger partial charge in [0.2, 0.25) is 0 Å². The lowest BCUT2D eigenvalue weighted by atomic mass is 10.1. The summed E-state index contributed by atoms with van der Waals surface area (Å²) in [5.41, 5.74) is 7.08. The predicted octanol–water partition coefficient (Wildman–Crippen LogP) is 4.07. The Balaban J connectivity index is 1.60. The van der Waals surface area contributed by atoms with Crippen LogP contribution in [-0.4, -0.2) is 57.4 Å². The third-order valence-corrected chi connectivity index (χ3v) is 6.20. The monoisotopic (exact) mass is 422 g/mol. The van der Waals surface area contributed by atoms with E-state index >= 15 is 0 Å². The summed E-state index contributed by atoms with van der Waals surface area (Å²) in [5.74, 6) is 0. The lowest BCUT2D eigenvalue weighted by molar-refractivity contribution is 0.266. The van der Waals surface area contributed by atoms with Crippen molar-refractivity contribution < 1.29 is 0 Å². The average Bonchev–Trinajstić information content (AvgIpc) is 3.06. The Morgan fingerprint density at radius 1 is 0.875 bits per heavy atom. The molecule has 1 fully saturated rings. The van der Waals surface area contributed by atoms with Gasteiger partial charge in [-0.15, -0.1) is 0 Å². The molecule has 0 spiro atoms. The summed E-state index contributed by atoms with van der Waals surface area (Å²) >= 11 is 0. The topological polar surface area (TPSA) is 60.5 Å². The Bertz CT molecular complexity index is 1250. The lowest BCUT2D eigenvalue weighted by Gasteiger charge is -2.20. The maximum Gasteiger partial charge on any atom is 0.137 e. The molecule has 0 radical (unpaired) electrons. The van der Waals surface area contributed by atoms with Crippen LogP contribution in [0.4, 0.5) is 0 Å². The van der Waals surface area contributed by atoms with Gasteiger partial charge in [-0.05, 0) is 74.1 Å². The van der Waals surface area contributed by atoms with E-state index in [2.05, 4.69) is 50.6 Å². The molecule has 0 saturated carbocycles. The molecule has 0 N–H and O–H groups in total. The highest BCUT2D eigenvalue weighted by Gasteiger charge is 2.19. The van der Waals surface area contributed by atoms with Crippen LogP contribution in [0, 0.1) is 11.3 Å². The number of likely N-dealkylation sites (N-methyl/N-ethyl adjacent to an activating group) is 1. The fourth-order valence-corrected chi connectivity index (χ4v) is 4.36. The number of hydrogen-bond donors (Lipinski definition) is 0. The van der Waals surface area contributed by atoms with E-state index in [4.69, 9.17) is 4.98 Å². The minimum atomic E-state index is 0.662. The summed E-state index contributed by atoms with van der Waals surface area (Å²) in [6.07, 6.45) is 7.00. The average molecular weight is 423 g/mol. The number of hydrogen-bond acceptors (Lipinski definition) is 5. The zero-order valence-corrected chi connectivity index (χ0v) is 18.3. The van der Waals surface area contributed by atoms with E-state index in [-0.39, 0.29) is 0 Å². The third kappa shape index (κ3) is 4.13. The number of fused-ring (bicyclic) bond motifs is 1. The molecule has 0 atom stereocenters. The lowest BCUT2D eigenvalue weighted by Crippen LogP contribution is -2.29. The highest BCUT2D eigenvalue weighted by Crippen LogP contribution is 2.28. The van der Waals surface area contributed by atoms with Crippen LogP contribution in [0.25, 0.3) is 28.0 Å². The molecule has 4 heterocycles. The summed E-state index contributed by atoms with van der Waals surface area (Å²) in [4.78, 5) is 14.1. The Morgan fingerprint density at radius 3 is 2.44 bits per heavy atom. The largest absolute Gasteiger partial charge is 0.305 e. The van der Waals surface area contributed by atoms with Crippen molar-refractivity contribution in [2.75, 3.05) is 33.2 Å². The van der Waals surface area contributed by atoms with Crippen molar-refractivity contribution in [2.45, 2.75) is 13.0 Å². The summed E-state index contributed by atoms with van der Waals surface area (Å²) in [6, 6.07) is 18.2. The van der Waals surface area contributed by atoms with Gasteiger partial charge in [0.05, 0.1) is 23.0 Å². The summed E-state index contributed by atoms with van der Waals surface area (Å²) < 4.78 is 2.23. The van der Waals surface area contributed by atoms with Crippen LogP contribution in [-0.2, 0) is 6.54 Å². The van der Waals surface area contributed by atoms with E-state index in [9.17, 15) is 5.26 Å². The molecule has 1 aromatic carbocycles. The number of nitriles is 1. The molecule has 6 heteroatoms. The van der Waals surface area contributed by atoms with Gasteiger partial charge in [0.1, 0.15) is 5.65 Å². The second kappa shape index (κ2) is 8.91. The van der Waals surface area contributed by atoms with Crippen LogP contribution in [0.5, 0.6) is 0 Å². The van der Waals surface area contributed by atoms with E-state index in [0.717, 1.165) is 60.8 Å². The molecule has 4 aromatic rings. The second-order valence-corrected chi connectivity index (χ2v) is 8.41. The highest BCUT2D eigenvalue weighted by atomic mass is 15.2. The van der Waals surface area contributed by atoms with E-state index in [0.29, 0.717) is 5.56 Å². The first-order valence-electron chi connectivity index (χ1n) is 11.0. The van der Waals surface area contributed by atoms with E-state index in [1.807, 2.05) is 48.8 Å². The van der Waals surface area contributed by atoms with Crippen LogP contribution in [0.1, 0.15) is 17.7 Å². The molecular weight excluding hydrogens is 396 g/mol. The zero-order chi connectivity index (χ0) is 21.9. The molecule has 0 amide bonds. The van der Waals surface area contributed by atoms with Crippen molar-refractivity contribution in [3.05, 3.63) is 78.4 Å². The van der Waals surface area contributed by atoms with Gasteiger partial charge in [-0.2, -0.15) is 5.26 Å². The van der Waals surface area contributed by atoms with E-state index < -0.39 is 0 Å². The van der Waals surface area contributed by atoms with Crippen molar-refractivity contribution in [1.82, 2.24) is 24.2 Å². The standard InChI is InChI=1S/C26H26N6/c1-30-13-2-14-31(16-15-30)19-24-26(22-5-3-20(17-27)4-6-22)29-25-8-7-23(18-32(24)25)21-9-11-28-12-10-21/h3-12,18H,2,13-16,19H2,1H3. The third-order valence-electron chi connectivity index (χ3n) is 6.20. The van der Waals surface area contributed by atoms with Crippen LogP contribution < -0.4 is 0 Å². The Labute approximate surface area is 188 Å². The predicted molar refractivity (Wildman–Crippen MR) is 126 cm³/mol. The summed E-state index contributed by atoms with van der Waals surface area (Å²) in [6.45, 7) is 5.17. The van der Waals surface area contributed by atoms with Gasteiger partial charge in [-0.3, -0.25) is 9.88 Å². The Kier molecular flexibility index (Phi) is 5.68. The molecule has 0 unspecified atom stereocenters. The molecule has 6 nitrogen and oxygen atoms in total. The van der Waals surface area contributed by atoms with Gasteiger partial charge in [0.15, 0.2) is 0 Å². The fourth-order valence-electron chi connectivity index (χ4n) is 4.36. The molecule has 0 bridgehead atoms. The van der Waals surface area contributed by atoms with Gasteiger partial charge >= 0.3 is 0 Å². The Hall–Kier alpha value is -3.53. The van der Waals surface area contributed by atoms with Crippen LogP contribution in [0.3, 0.4) is 0 Å². The quantitative estimate of drug-likeness (QED) is 0.496. The van der Waals surface area contributed by atoms with Gasteiger partial charge in [0, 0.05) is 43.8 Å². The van der Waals surface area contributed by atoms with Crippen LogP contribution in [0.15, 0.2) is 67.1 Å². The SMILES string of the molecule is CN1CCCN(Cc2c(-c3ccc(C#N)cc3)nc3ccc(-c4ccncc4)cn23)CC1. The number of imidazole rings is 1. The maximum absolute atomic E-state index is 9.19. The molecule has 160 valence electrons.